The van der Waals surface area contributed by atoms with Crippen molar-refractivity contribution in [2.45, 2.75) is 104 Å². The predicted molar refractivity (Wildman–Crippen MR) is 107 cm³/mol. The van der Waals surface area contributed by atoms with Gasteiger partial charge in [0.1, 0.15) is 0 Å². The Balaban J connectivity index is 3.45. The van der Waals surface area contributed by atoms with Gasteiger partial charge in [-0.3, -0.25) is 0 Å². The van der Waals surface area contributed by atoms with E-state index in [9.17, 15) is 9.59 Å². The summed E-state index contributed by atoms with van der Waals surface area (Å²) in [6.45, 7) is 5.25. The molecule has 0 aliphatic rings. The van der Waals surface area contributed by atoms with Crippen molar-refractivity contribution in [3.63, 3.8) is 0 Å². The number of esters is 2. The normalized spacial score (nSPS) is 11.0. The van der Waals surface area contributed by atoms with Gasteiger partial charge in [0.2, 0.25) is 0 Å². The summed E-state index contributed by atoms with van der Waals surface area (Å²) < 4.78 is 10.1. The largest absolute Gasteiger partial charge is 0.463 e. The summed E-state index contributed by atoms with van der Waals surface area (Å²) in [4.78, 5) is 23.0. The van der Waals surface area contributed by atoms with Gasteiger partial charge in [0.25, 0.3) is 0 Å². The Kier molecular flexibility index (Phi) is 19.0. The zero-order valence-electron chi connectivity index (χ0n) is 17.1. The van der Waals surface area contributed by atoms with E-state index < -0.39 is 11.9 Å². The second-order valence-corrected chi connectivity index (χ2v) is 6.91. The maximum Gasteiger partial charge on any atom is 0.331 e. The van der Waals surface area contributed by atoms with Gasteiger partial charge in [0, 0.05) is 12.2 Å². The summed E-state index contributed by atoms with van der Waals surface area (Å²) in [6, 6.07) is 0. The van der Waals surface area contributed by atoms with Crippen LogP contribution in [0.3, 0.4) is 0 Å². The van der Waals surface area contributed by atoms with Crippen molar-refractivity contribution in [3.8, 4) is 0 Å². The van der Waals surface area contributed by atoms with E-state index >= 15 is 0 Å². The molecule has 0 spiro atoms. The molecule has 0 saturated heterocycles. The van der Waals surface area contributed by atoms with Crippen molar-refractivity contribution in [1.82, 2.24) is 0 Å². The Morgan fingerprint density at radius 2 is 0.846 bits per heavy atom. The van der Waals surface area contributed by atoms with E-state index in [-0.39, 0.29) is 0 Å². The monoisotopic (exact) mass is 368 g/mol. The van der Waals surface area contributed by atoms with E-state index in [1.807, 2.05) is 0 Å². The molecule has 0 aliphatic heterocycles. The molecule has 0 aromatic rings. The van der Waals surface area contributed by atoms with E-state index in [1.165, 1.54) is 64.2 Å². The zero-order valence-corrected chi connectivity index (χ0v) is 17.1. The molecule has 4 heteroatoms. The maximum absolute atomic E-state index is 11.5. The van der Waals surface area contributed by atoms with Crippen LogP contribution in [0.2, 0.25) is 0 Å². The van der Waals surface area contributed by atoms with Crippen LogP contribution in [0.15, 0.2) is 12.2 Å². The van der Waals surface area contributed by atoms with Crippen molar-refractivity contribution in [3.05, 3.63) is 12.2 Å². The standard InChI is InChI=1S/C22H40O4/c1-3-5-7-9-11-12-14-16-20-26-22(24)18-17-21(23)25-19-15-13-10-8-6-4-2/h17-18H,3-16,19-20H2,1-2H3/b18-17-. The highest BCUT2D eigenvalue weighted by molar-refractivity contribution is 5.91. The van der Waals surface area contributed by atoms with Gasteiger partial charge in [0.05, 0.1) is 13.2 Å². The van der Waals surface area contributed by atoms with Crippen molar-refractivity contribution < 1.29 is 19.1 Å². The van der Waals surface area contributed by atoms with Crippen molar-refractivity contribution in [1.29, 1.82) is 0 Å². The summed E-state index contributed by atoms with van der Waals surface area (Å²) in [5.41, 5.74) is 0. The predicted octanol–water partition coefficient (Wildman–Crippen LogP) is 6.13. The zero-order chi connectivity index (χ0) is 19.3. The summed E-state index contributed by atoms with van der Waals surface area (Å²) in [5.74, 6) is -0.938. The van der Waals surface area contributed by atoms with Gasteiger partial charge < -0.3 is 9.47 Å². The molecule has 0 amide bonds. The molecule has 0 fully saturated rings. The topological polar surface area (TPSA) is 52.6 Å². The van der Waals surface area contributed by atoms with Crippen molar-refractivity contribution in [2.24, 2.45) is 0 Å². The Morgan fingerprint density at radius 3 is 1.19 bits per heavy atom. The fourth-order valence-electron chi connectivity index (χ4n) is 2.70. The third kappa shape index (κ3) is 19.0. The molecule has 0 radical (unpaired) electrons. The van der Waals surface area contributed by atoms with Crippen LogP contribution in [0, 0.1) is 0 Å². The molecule has 0 unspecified atom stereocenters. The lowest BCUT2D eigenvalue weighted by atomic mass is 10.1. The summed E-state index contributed by atoms with van der Waals surface area (Å²) in [5, 5.41) is 0. The summed E-state index contributed by atoms with van der Waals surface area (Å²) >= 11 is 0. The SMILES string of the molecule is CCCCCCCCCCOC(=O)/C=C\C(=O)OCCCCCCCC. The third-order valence-corrected chi connectivity index (χ3v) is 4.34. The van der Waals surface area contributed by atoms with E-state index in [1.54, 1.807) is 0 Å². The third-order valence-electron chi connectivity index (χ3n) is 4.34. The van der Waals surface area contributed by atoms with Gasteiger partial charge >= 0.3 is 11.9 Å². The minimum atomic E-state index is -0.470. The maximum atomic E-state index is 11.5. The average Bonchev–Trinajstić information content (AvgIpc) is 2.64. The van der Waals surface area contributed by atoms with Gasteiger partial charge in [-0.05, 0) is 12.8 Å². The Hall–Kier alpha value is -1.32. The van der Waals surface area contributed by atoms with E-state index in [4.69, 9.17) is 9.47 Å². The number of carbonyl (C=O) groups is 2. The first kappa shape index (κ1) is 24.7. The van der Waals surface area contributed by atoms with Crippen LogP contribution in [-0.4, -0.2) is 25.2 Å². The highest BCUT2D eigenvalue weighted by Gasteiger charge is 2.01. The fourth-order valence-corrected chi connectivity index (χ4v) is 2.70. The lowest BCUT2D eigenvalue weighted by Gasteiger charge is -2.03. The molecule has 0 aliphatic carbocycles. The first-order chi connectivity index (χ1) is 12.7. The molecule has 4 nitrogen and oxygen atoms in total. The lowest BCUT2D eigenvalue weighted by Crippen LogP contribution is -2.06. The van der Waals surface area contributed by atoms with Crippen LogP contribution in [0.25, 0.3) is 0 Å². The Bertz CT molecular complexity index is 363. The van der Waals surface area contributed by atoms with Gasteiger partial charge in [-0.15, -0.1) is 0 Å². The number of ether oxygens (including phenoxy) is 2. The highest BCUT2D eigenvalue weighted by Crippen LogP contribution is 2.08. The lowest BCUT2D eigenvalue weighted by molar-refractivity contribution is -0.140. The first-order valence-corrected chi connectivity index (χ1v) is 10.7. The molecule has 0 N–H and O–H groups in total. The molecular formula is C22H40O4. The smallest absolute Gasteiger partial charge is 0.331 e. The first-order valence-electron chi connectivity index (χ1n) is 10.7. The highest BCUT2D eigenvalue weighted by atomic mass is 16.5. The molecule has 0 heterocycles. The van der Waals surface area contributed by atoms with Crippen LogP contribution >= 0.6 is 0 Å². The van der Waals surface area contributed by atoms with Gasteiger partial charge in [0.15, 0.2) is 0 Å². The quantitative estimate of drug-likeness (QED) is 0.166. The van der Waals surface area contributed by atoms with Crippen LogP contribution in [0.1, 0.15) is 104 Å². The number of carbonyl (C=O) groups excluding carboxylic acids is 2. The minimum Gasteiger partial charge on any atom is -0.463 e. The van der Waals surface area contributed by atoms with Crippen LogP contribution in [0.4, 0.5) is 0 Å². The molecule has 26 heavy (non-hydrogen) atoms. The van der Waals surface area contributed by atoms with Crippen molar-refractivity contribution >= 4 is 11.9 Å². The molecular weight excluding hydrogens is 328 g/mol. The van der Waals surface area contributed by atoms with E-state index in [0.29, 0.717) is 13.2 Å². The molecule has 0 rings (SSSR count). The van der Waals surface area contributed by atoms with Crippen LogP contribution in [-0.2, 0) is 19.1 Å². The average molecular weight is 369 g/mol. The molecule has 0 atom stereocenters. The van der Waals surface area contributed by atoms with Crippen LogP contribution in [0.5, 0.6) is 0 Å². The fraction of sp³-hybridized carbons (Fsp3) is 0.818. The van der Waals surface area contributed by atoms with Gasteiger partial charge in [-0.1, -0.05) is 90.9 Å². The second kappa shape index (κ2) is 20.0. The van der Waals surface area contributed by atoms with E-state index in [2.05, 4.69) is 13.8 Å². The second-order valence-electron chi connectivity index (χ2n) is 6.91. The van der Waals surface area contributed by atoms with Gasteiger partial charge in [-0.2, -0.15) is 0 Å². The minimum absolute atomic E-state index is 0.419. The molecule has 0 aromatic heterocycles. The van der Waals surface area contributed by atoms with Crippen LogP contribution < -0.4 is 0 Å². The molecule has 152 valence electrons. The summed E-state index contributed by atoms with van der Waals surface area (Å²) in [6.07, 6.45) is 18.9. The van der Waals surface area contributed by atoms with Crippen molar-refractivity contribution in [2.75, 3.05) is 13.2 Å². The number of hydrogen-bond donors (Lipinski definition) is 0. The van der Waals surface area contributed by atoms with Gasteiger partial charge in [-0.25, -0.2) is 9.59 Å². The number of rotatable bonds is 18. The Labute approximate surface area is 160 Å². The molecule has 0 bridgehead atoms. The molecule has 0 saturated carbocycles. The summed E-state index contributed by atoms with van der Waals surface area (Å²) in [7, 11) is 0. The number of unbranched alkanes of at least 4 members (excludes halogenated alkanes) is 12. The molecule has 0 aromatic carbocycles. The Morgan fingerprint density at radius 1 is 0.538 bits per heavy atom. The van der Waals surface area contributed by atoms with E-state index in [0.717, 1.165) is 37.8 Å². The number of hydrogen-bond acceptors (Lipinski definition) is 4.